The molecule has 7 nitrogen and oxygen atoms in total. The molecular weight excluding hydrogens is 566 g/mol. The Balaban J connectivity index is 0.00000423. The predicted octanol–water partition coefficient (Wildman–Crippen LogP) is 6.08. The number of piperidine rings is 1. The van der Waals surface area contributed by atoms with Crippen LogP contribution in [0.15, 0.2) is 109 Å². The molecule has 0 bridgehead atoms. The van der Waals surface area contributed by atoms with Crippen LogP contribution in [0.1, 0.15) is 45.5 Å². The molecular formula is C35H36ClNO6. The number of likely N-dealkylation sites (tertiary alicyclic amines) is 1. The second-order valence-electron chi connectivity index (χ2n) is 10.7. The van der Waals surface area contributed by atoms with Crippen LogP contribution in [-0.4, -0.2) is 46.7 Å². The van der Waals surface area contributed by atoms with Crippen molar-refractivity contribution in [3.8, 4) is 5.75 Å². The molecule has 0 aliphatic carbocycles. The van der Waals surface area contributed by atoms with Gasteiger partial charge in [-0.25, -0.2) is 9.59 Å². The molecule has 4 aromatic carbocycles. The lowest BCUT2D eigenvalue weighted by molar-refractivity contribution is -0.164. The number of benzene rings is 4. The van der Waals surface area contributed by atoms with Gasteiger partial charge in [-0.3, -0.25) is 4.90 Å². The summed E-state index contributed by atoms with van der Waals surface area (Å²) in [5, 5.41) is 21.2. The van der Waals surface area contributed by atoms with E-state index in [-0.39, 0.29) is 37.1 Å². The molecule has 0 saturated carbocycles. The number of hydrogen-bond acceptors (Lipinski definition) is 6. The monoisotopic (exact) mass is 601 g/mol. The number of rotatable bonds is 11. The molecule has 2 N–H and O–H groups in total. The van der Waals surface area contributed by atoms with Gasteiger partial charge in [0.05, 0.1) is 12.2 Å². The zero-order chi connectivity index (χ0) is 29.4. The Morgan fingerprint density at radius 3 is 2.12 bits per heavy atom. The lowest BCUT2D eigenvalue weighted by Crippen LogP contribution is -2.40. The van der Waals surface area contributed by atoms with E-state index >= 15 is 0 Å². The lowest BCUT2D eigenvalue weighted by Gasteiger charge is -2.33. The van der Waals surface area contributed by atoms with E-state index in [2.05, 4.69) is 29.2 Å². The number of carbonyl (C=O) groups is 2. The number of carboxylic acids is 1. The first-order valence-electron chi connectivity index (χ1n) is 14.2. The molecule has 43 heavy (non-hydrogen) atoms. The van der Waals surface area contributed by atoms with Crippen molar-refractivity contribution in [2.24, 2.45) is 5.92 Å². The number of halogens is 1. The quantitative estimate of drug-likeness (QED) is 0.201. The van der Waals surface area contributed by atoms with Gasteiger partial charge in [-0.1, -0.05) is 84.9 Å². The molecule has 0 spiro atoms. The number of nitrogens with zero attached hydrogens (tertiary/aromatic N) is 1. The highest BCUT2D eigenvalue weighted by molar-refractivity contribution is 5.87. The van der Waals surface area contributed by atoms with Crippen molar-refractivity contribution in [2.75, 3.05) is 19.7 Å². The predicted molar refractivity (Wildman–Crippen MR) is 166 cm³/mol. The van der Waals surface area contributed by atoms with Crippen molar-refractivity contribution in [2.45, 2.75) is 31.6 Å². The first-order chi connectivity index (χ1) is 20.4. The molecule has 0 aromatic heterocycles. The van der Waals surface area contributed by atoms with Crippen molar-refractivity contribution < 1.29 is 29.3 Å². The second-order valence-corrected chi connectivity index (χ2v) is 10.7. The van der Waals surface area contributed by atoms with E-state index in [1.165, 1.54) is 11.6 Å². The van der Waals surface area contributed by atoms with Crippen LogP contribution >= 0.6 is 12.4 Å². The maximum Gasteiger partial charge on any atom is 0.347 e. The van der Waals surface area contributed by atoms with E-state index in [1.807, 2.05) is 12.1 Å². The van der Waals surface area contributed by atoms with Gasteiger partial charge in [-0.05, 0) is 72.8 Å². The minimum atomic E-state index is -2.03. The van der Waals surface area contributed by atoms with Crippen molar-refractivity contribution in [1.29, 1.82) is 0 Å². The number of carboxylic acid groups (broad SMARTS) is 1. The molecule has 0 radical (unpaired) electrons. The van der Waals surface area contributed by atoms with E-state index in [0.29, 0.717) is 22.4 Å². The van der Waals surface area contributed by atoms with Crippen molar-refractivity contribution >= 4 is 24.3 Å². The minimum Gasteiger partial charge on any atom is -0.489 e. The summed E-state index contributed by atoms with van der Waals surface area (Å²) in [6.07, 6.45) is 1.83. The maximum atomic E-state index is 13.6. The smallest absolute Gasteiger partial charge is 0.347 e. The molecule has 1 heterocycles. The molecule has 1 unspecified atom stereocenters. The normalized spacial score (nSPS) is 15.1. The number of hydrogen-bond donors (Lipinski definition) is 2. The molecule has 1 fully saturated rings. The Morgan fingerprint density at radius 1 is 0.791 bits per heavy atom. The molecule has 1 atom stereocenters. The van der Waals surface area contributed by atoms with Crippen LogP contribution in [0.25, 0.3) is 0 Å². The van der Waals surface area contributed by atoms with Crippen LogP contribution in [-0.2, 0) is 28.3 Å². The van der Waals surface area contributed by atoms with Gasteiger partial charge >= 0.3 is 11.9 Å². The first kappa shape index (κ1) is 31.8. The fourth-order valence-corrected chi connectivity index (χ4v) is 5.30. The lowest BCUT2D eigenvalue weighted by atomic mass is 9.86. The highest BCUT2D eigenvalue weighted by atomic mass is 35.5. The van der Waals surface area contributed by atoms with Gasteiger partial charge in [0.25, 0.3) is 0 Å². The van der Waals surface area contributed by atoms with Gasteiger partial charge in [0.1, 0.15) is 12.4 Å². The van der Waals surface area contributed by atoms with Crippen LogP contribution in [0.5, 0.6) is 5.75 Å². The highest BCUT2D eigenvalue weighted by Crippen LogP contribution is 2.34. The first-order valence-corrected chi connectivity index (χ1v) is 14.2. The van der Waals surface area contributed by atoms with Crippen LogP contribution in [0.4, 0.5) is 0 Å². The second kappa shape index (κ2) is 14.8. The third-order valence-electron chi connectivity index (χ3n) is 7.72. The van der Waals surface area contributed by atoms with Gasteiger partial charge in [-0.2, -0.15) is 0 Å². The van der Waals surface area contributed by atoms with E-state index in [0.717, 1.165) is 32.5 Å². The van der Waals surface area contributed by atoms with Gasteiger partial charge in [0, 0.05) is 12.1 Å². The van der Waals surface area contributed by atoms with E-state index in [4.69, 9.17) is 9.47 Å². The van der Waals surface area contributed by atoms with Crippen LogP contribution in [0.3, 0.4) is 0 Å². The van der Waals surface area contributed by atoms with Gasteiger partial charge in [0.15, 0.2) is 0 Å². The fourth-order valence-electron chi connectivity index (χ4n) is 5.30. The van der Waals surface area contributed by atoms with Crippen LogP contribution in [0, 0.1) is 5.92 Å². The average molecular weight is 602 g/mol. The molecule has 1 aliphatic rings. The molecule has 8 heteroatoms. The Hall–Kier alpha value is -4.17. The van der Waals surface area contributed by atoms with Crippen molar-refractivity contribution in [3.05, 3.63) is 137 Å². The third-order valence-corrected chi connectivity index (χ3v) is 7.72. The minimum absolute atomic E-state index is 0. The van der Waals surface area contributed by atoms with Crippen molar-refractivity contribution in [1.82, 2.24) is 4.90 Å². The molecule has 0 amide bonds. The molecule has 4 aromatic rings. The zero-order valence-corrected chi connectivity index (χ0v) is 24.6. The van der Waals surface area contributed by atoms with E-state index < -0.39 is 17.5 Å². The number of esters is 1. The maximum absolute atomic E-state index is 13.6. The Kier molecular flexibility index (Phi) is 11.0. The van der Waals surface area contributed by atoms with E-state index in [9.17, 15) is 19.8 Å². The van der Waals surface area contributed by atoms with Gasteiger partial charge in [0.2, 0.25) is 5.60 Å². The summed E-state index contributed by atoms with van der Waals surface area (Å²) < 4.78 is 11.7. The molecule has 1 aliphatic heterocycles. The van der Waals surface area contributed by atoms with E-state index in [1.54, 1.807) is 66.7 Å². The Bertz CT molecular complexity index is 1490. The summed E-state index contributed by atoms with van der Waals surface area (Å²) >= 11 is 0. The summed E-state index contributed by atoms with van der Waals surface area (Å²) in [6, 6.07) is 32.4. The fraction of sp³-hybridized carbons (Fsp3) is 0.257. The van der Waals surface area contributed by atoms with Crippen LogP contribution < -0.4 is 4.74 Å². The third kappa shape index (κ3) is 8.02. The van der Waals surface area contributed by atoms with Gasteiger partial charge < -0.3 is 19.7 Å². The SMILES string of the molecule is Cl.O=C(O)c1cccc(COc2cccc(C(O)(C(=O)OCC3CCN(Cc4ccccc4)CC3)c3ccccc3)c2)c1. The molecule has 224 valence electrons. The summed E-state index contributed by atoms with van der Waals surface area (Å²) in [5.74, 6) is -1.09. The largest absolute Gasteiger partial charge is 0.489 e. The summed E-state index contributed by atoms with van der Waals surface area (Å²) in [7, 11) is 0. The zero-order valence-electron chi connectivity index (χ0n) is 23.8. The standard InChI is InChI=1S/C35H35NO6.ClH/c37-33(38)29-12-7-11-28(21-29)25-41-32-16-8-15-31(22-32)35(40,30-13-5-2-6-14-30)34(39)42-24-27-17-19-36(20-18-27)23-26-9-3-1-4-10-26;/h1-16,21-22,27,40H,17-20,23-25H2,(H,37,38);1H. The average Bonchev–Trinajstić information content (AvgIpc) is 3.04. The van der Waals surface area contributed by atoms with Crippen LogP contribution in [0.2, 0.25) is 0 Å². The van der Waals surface area contributed by atoms with Gasteiger partial charge in [-0.15, -0.1) is 12.4 Å². The highest BCUT2D eigenvalue weighted by Gasteiger charge is 2.42. The number of aromatic carboxylic acids is 1. The number of aliphatic hydroxyl groups is 1. The summed E-state index contributed by atoms with van der Waals surface area (Å²) in [4.78, 5) is 27.3. The molecule has 5 rings (SSSR count). The summed E-state index contributed by atoms with van der Waals surface area (Å²) in [6.45, 7) is 3.12. The van der Waals surface area contributed by atoms with Crippen molar-refractivity contribution in [3.63, 3.8) is 0 Å². The Labute approximate surface area is 258 Å². The summed E-state index contributed by atoms with van der Waals surface area (Å²) in [5.41, 5.74) is 0.848. The number of ether oxygens (including phenoxy) is 2. The molecule has 1 saturated heterocycles. The topological polar surface area (TPSA) is 96.3 Å². The number of carbonyl (C=O) groups excluding carboxylic acids is 1. The Morgan fingerprint density at radius 2 is 1.42 bits per heavy atom.